The largest absolute Gasteiger partial charge is 0.436 e. The van der Waals surface area contributed by atoms with Gasteiger partial charge in [0.15, 0.2) is 5.76 Å². The highest BCUT2D eigenvalue weighted by atomic mass is 16.4. The van der Waals surface area contributed by atoms with Crippen molar-refractivity contribution in [1.82, 2.24) is 9.97 Å². The molecular formula is C18H18N2O. The Bertz CT molecular complexity index is 762. The third kappa shape index (κ3) is 2.59. The first-order valence-electron chi connectivity index (χ1n) is 7.02. The minimum Gasteiger partial charge on any atom is -0.436 e. The second-order valence-electron chi connectivity index (χ2n) is 5.44. The molecule has 0 amide bonds. The van der Waals surface area contributed by atoms with Crippen LogP contribution >= 0.6 is 0 Å². The highest BCUT2D eigenvalue weighted by Crippen LogP contribution is 2.30. The summed E-state index contributed by atoms with van der Waals surface area (Å²) >= 11 is 0. The Kier molecular flexibility index (Phi) is 3.34. The summed E-state index contributed by atoms with van der Waals surface area (Å²) < 4.78 is 5.95. The molecule has 0 saturated carbocycles. The van der Waals surface area contributed by atoms with Crippen LogP contribution in [-0.4, -0.2) is 9.97 Å². The average Bonchev–Trinajstić information content (AvgIpc) is 2.87. The number of aromatic nitrogens is 2. The predicted molar refractivity (Wildman–Crippen MR) is 84.1 cm³/mol. The second kappa shape index (κ2) is 5.17. The van der Waals surface area contributed by atoms with Crippen molar-refractivity contribution < 1.29 is 4.42 Å². The fourth-order valence-corrected chi connectivity index (χ4v) is 2.59. The van der Waals surface area contributed by atoms with E-state index in [0.717, 1.165) is 33.8 Å². The summed E-state index contributed by atoms with van der Waals surface area (Å²) in [5.41, 5.74) is 6.35. The quantitative estimate of drug-likeness (QED) is 0.685. The summed E-state index contributed by atoms with van der Waals surface area (Å²) in [6.45, 7) is 8.12. The lowest BCUT2D eigenvalue weighted by molar-refractivity contribution is 0.587. The van der Waals surface area contributed by atoms with E-state index in [4.69, 9.17) is 4.42 Å². The van der Waals surface area contributed by atoms with Crippen molar-refractivity contribution >= 4 is 0 Å². The van der Waals surface area contributed by atoms with Crippen molar-refractivity contribution in [2.45, 2.75) is 27.7 Å². The van der Waals surface area contributed by atoms with E-state index < -0.39 is 0 Å². The Balaban J connectivity index is 2.05. The maximum Gasteiger partial charge on any atom is 0.228 e. The zero-order chi connectivity index (χ0) is 15.0. The molecule has 1 aromatic carbocycles. The van der Waals surface area contributed by atoms with Gasteiger partial charge in [-0.05, 0) is 39.3 Å². The van der Waals surface area contributed by atoms with Crippen molar-refractivity contribution in [3.05, 3.63) is 59.0 Å². The summed E-state index contributed by atoms with van der Waals surface area (Å²) in [7, 11) is 0. The number of hydrogen-bond acceptors (Lipinski definition) is 3. The number of oxazole rings is 1. The summed E-state index contributed by atoms with van der Waals surface area (Å²) in [5, 5.41) is 0. The summed E-state index contributed by atoms with van der Waals surface area (Å²) in [6, 6.07) is 10.3. The summed E-state index contributed by atoms with van der Waals surface area (Å²) in [5.74, 6) is 1.41. The van der Waals surface area contributed by atoms with Crippen molar-refractivity contribution in [3.63, 3.8) is 0 Å². The van der Waals surface area contributed by atoms with Gasteiger partial charge in [0.2, 0.25) is 5.89 Å². The van der Waals surface area contributed by atoms with Gasteiger partial charge in [0.1, 0.15) is 0 Å². The molecule has 3 rings (SSSR count). The van der Waals surface area contributed by atoms with Gasteiger partial charge in [-0.25, -0.2) is 4.98 Å². The Labute approximate surface area is 124 Å². The minimum atomic E-state index is 0.632. The SMILES string of the molecule is Cc1ccc(-c2cnc(-c3c(C)cc(C)nc3C)o2)cc1. The summed E-state index contributed by atoms with van der Waals surface area (Å²) in [4.78, 5) is 8.93. The molecule has 3 nitrogen and oxygen atoms in total. The molecule has 3 heteroatoms. The molecule has 2 heterocycles. The minimum absolute atomic E-state index is 0.632. The lowest BCUT2D eigenvalue weighted by atomic mass is 10.1. The number of hydrogen-bond donors (Lipinski definition) is 0. The first-order valence-corrected chi connectivity index (χ1v) is 7.02. The van der Waals surface area contributed by atoms with Gasteiger partial charge in [0.25, 0.3) is 0 Å². The normalized spacial score (nSPS) is 10.9. The zero-order valence-corrected chi connectivity index (χ0v) is 12.8. The van der Waals surface area contributed by atoms with Crippen molar-refractivity contribution in [2.24, 2.45) is 0 Å². The highest BCUT2D eigenvalue weighted by Gasteiger charge is 2.14. The lowest BCUT2D eigenvalue weighted by Crippen LogP contribution is -1.94. The molecule has 0 atom stereocenters. The molecule has 0 radical (unpaired) electrons. The van der Waals surface area contributed by atoms with Gasteiger partial charge in [0, 0.05) is 11.3 Å². The van der Waals surface area contributed by atoms with Crippen molar-refractivity contribution in [3.8, 4) is 22.8 Å². The highest BCUT2D eigenvalue weighted by molar-refractivity contribution is 5.65. The molecule has 0 aliphatic rings. The van der Waals surface area contributed by atoms with Gasteiger partial charge in [-0.2, -0.15) is 0 Å². The molecule has 0 bridgehead atoms. The average molecular weight is 278 g/mol. The van der Waals surface area contributed by atoms with Crippen LogP contribution in [0.25, 0.3) is 22.8 Å². The molecule has 0 N–H and O–H groups in total. The molecule has 0 aliphatic carbocycles. The maximum atomic E-state index is 5.95. The van der Waals surface area contributed by atoms with Crippen LogP contribution in [0.5, 0.6) is 0 Å². The van der Waals surface area contributed by atoms with Crippen LogP contribution in [0.15, 0.2) is 40.9 Å². The third-order valence-corrected chi connectivity index (χ3v) is 3.58. The van der Waals surface area contributed by atoms with E-state index in [1.807, 2.05) is 26.0 Å². The van der Waals surface area contributed by atoms with Crippen molar-refractivity contribution in [1.29, 1.82) is 0 Å². The first kappa shape index (κ1) is 13.6. The molecule has 0 aliphatic heterocycles. The van der Waals surface area contributed by atoms with Crippen LogP contribution in [0.4, 0.5) is 0 Å². The van der Waals surface area contributed by atoms with E-state index in [1.165, 1.54) is 5.56 Å². The molecule has 21 heavy (non-hydrogen) atoms. The second-order valence-corrected chi connectivity index (χ2v) is 5.44. The topological polar surface area (TPSA) is 38.9 Å². The monoisotopic (exact) mass is 278 g/mol. The molecule has 3 aromatic rings. The number of rotatable bonds is 2. The van der Waals surface area contributed by atoms with Gasteiger partial charge in [-0.1, -0.05) is 29.8 Å². The van der Waals surface area contributed by atoms with E-state index in [1.54, 1.807) is 6.20 Å². The standard InChI is InChI=1S/C18H18N2O/c1-11-5-7-15(8-6-11)16-10-19-18(21-16)17-12(2)9-13(3)20-14(17)4/h5-10H,1-4H3. The fourth-order valence-electron chi connectivity index (χ4n) is 2.59. The van der Waals surface area contributed by atoms with Gasteiger partial charge in [0.05, 0.1) is 17.5 Å². The van der Waals surface area contributed by atoms with Crippen LogP contribution in [-0.2, 0) is 0 Å². The summed E-state index contributed by atoms with van der Waals surface area (Å²) in [6.07, 6.45) is 1.78. The van der Waals surface area contributed by atoms with Crippen LogP contribution < -0.4 is 0 Å². The van der Waals surface area contributed by atoms with E-state index >= 15 is 0 Å². The predicted octanol–water partition coefficient (Wildman–Crippen LogP) is 4.64. The van der Waals surface area contributed by atoms with Crippen LogP contribution in [0.3, 0.4) is 0 Å². The van der Waals surface area contributed by atoms with Crippen molar-refractivity contribution in [2.75, 3.05) is 0 Å². The molecule has 0 unspecified atom stereocenters. The van der Waals surface area contributed by atoms with Gasteiger partial charge in [-0.15, -0.1) is 0 Å². The number of nitrogens with zero attached hydrogens (tertiary/aromatic N) is 2. The third-order valence-electron chi connectivity index (χ3n) is 3.58. The number of benzene rings is 1. The van der Waals surface area contributed by atoms with E-state index in [2.05, 4.69) is 42.0 Å². The smallest absolute Gasteiger partial charge is 0.228 e. The molecule has 0 saturated heterocycles. The number of pyridine rings is 1. The first-order chi connectivity index (χ1) is 10.0. The molecule has 2 aromatic heterocycles. The van der Waals surface area contributed by atoms with Crippen LogP contribution in [0.1, 0.15) is 22.5 Å². The molecule has 0 spiro atoms. The Morgan fingerprint density at radius 1 is 0.952 bits per heavy atom. The maximum absolute atomic E-state index is 5.95. The van der Waals surface area contributed by atoms with Crippen LogP contribution in [0.2, 0.25) is 0 Å². The zero-order valence-electron chi connectivity index (χ0n) is 12.8. The van der Waals surface area contributed by atoms with Crippen LogP contribution in [0, 0.1) is 27.7 Å². The van der Waals surface area contributed by atoms with Gasteiger partial charge >= 0.3 is 0 Å². The Morgan fingerprint density at radius 2 is 1.67 bits per heavy atom. The Hall–Kier alpha value is -2.42. The van der Waals surface area contributed by atoms with E-state index in [0.29, 0.717) is 5.89 Å². The number of aryl methyl sites for hydroxylation is 4. The van der Waals surface area contributed by atoms with E-state index in [-0.39, 0.29) is 0 Å². The fraction of sp³-hybridized carbons (Fsp3) is 0.222. The van der Waals surface area contributed by atoms with Gasteiger partial charge < -0.3 is 4.42 Å². The lowest BCUT2D eigenvalue weighted by Gasteiger charge is -2.06. The molecule has 0 fully saturated rings. The van der Waals surface area contributed by atoms with Gasteiger partial charge in [-0.3, -0.25) is 4.98 Å². The Morgan fingerprint density at radius 3 is 2.33 bits per heavy atom. The molecular weight excluding hydrogens is 260 g/mol. The molecule has 106 valence electrons. The van der Waals surface area contributed by atoms with E-state index in [9.17, 15) is 0 Å².